The first-order valence-corrected chi connectivity index (χ1v) is 19.6. The van der Waals surface area contributed by atoms with Crippen LogP contribution >= 0.6 is 0 Å². The van der Waals surface area contributed by atoms with Crippen LogP contribution in [0.15, 0.2) is 69.9 Å². The fourth-order valence-electron chi connectivity index (χ4n) is 7.55. The predicted molar refractivity (Wildman–Crippen MR) is 211 cm³/mol. The van der Waals surface area contributed by atoms with E-state index in [1.165, 1.54) is 0 Å². The number of nitrogens with zero attached hydrogens (tertiary/aromatic N) is 2. The van der Waals surface area contributed by atoms with E-state index < -0.39 is 18.1 Å². The second kappa shape index (κ2) is 18.1. The molecule has 2 aromatic heterocycles. The van der Waals surface area contributed by atoms with Gasteiger partial charge in [0, 0.05) is 53.0 Å². The zero-order chi connectivity index (χ0) is 39.1. The van der Waals surface area contributed by atoms with Crippen LogP contribution in [0, 0.1) is 17.8 Å². The van der Waals surface area contributed by atoms with Gasteiger partial charge in [-0.15, -0.1) is 0 Å². The number of hydrogen-bond acceptors (Lipinski definition) is 7. The SMILES string of the molecule is CC(C)C(=O)N[C@H](C(=O)N1CCC[C@H]1Cc1coc2ccccc12)C(C)C.CC(C)[C@H](NC(=O)[C@H](C)N)C(=O)N1CCC[C@H]1Cc1coc2ccccc12. The quantitative estimate of drug-likeness (QED) is 0.156. The van der Waals surface area contributed by atoms with Crippen molar-refractivity contribution in [3.63, 3.8) is 0 Å². The molecule has 2 fully saturated rings. The standard InChI is InChI=1S/C22H30N2O3.C21H29N3O3/c1-14(2)20(23-21(25)15(3)4)22(26)24-11-7-8-17(24)12-16-13-27-19-10-6-5-9-18(16)19;1-13(2)19(23-20(25)14(3)22)21(26)24-10-6-7-16(24)11-15-12-27-18-9-5-4-8-17(15)18/h5-6,9-10,13-15,17,20H,7-8,11-12H2,1-4H3,(H,23,25);4-5,8-9,12-14,16,19H,6-7,10-11,22H2,1-3H3,(H,23,25)/t17-,20-;14-,16-,19-/m00/s1. The van der Waals surface area contributed by atoms with Crippen molar-refractivity contribution in [1.29, 1.82) is 0 Å². The number of para-hydroxylation sites is 2. The maximum Gasteiger partial charge on any atom is 0.245 e. The van der Waals surface area contributed by atoms with E-state index in [2.05, 4.69) is 22.8 Å². The molecule has 0 radical (unpaired) electrons. The number of rotatable bonds is 12. The average Bonchev–Trinajstić information content (AvgIpc) is 3.97. The molecule has 4 amide bonds. The zero-order valence-corrected chi connectivity index (χ0v) is 33.0. The third-order valence-corrected chi connectivity index (χ3v) is 10.8. The van der Waals surface area contributed by atoms with Gasteiger partial charge in [-0.3, -0.25) is 19.2 Å². The summed E-state index contributed by atoms with van der Waals surface area (Å²) in [6, 6.07) is 14.6. The van der Waals surface area contributed by atoms with Crippen molar-refractivity contribution in [2.24, 2.45) is 23.5 Å². The predicted octanol–water partition coefficient (Wildman–Crippen LogP) is 6.22. The molecule has 4 aromatic rings. The number of fused-ring (bicyclic) bond motifs is 2. The smallest absolute Gasteiger partial charge is 0.245 e. The van der Waals surface area contributed by atoms with E-state index in [-0.39, 0.29) is 53.5 Å². The number of nitrogens with one attached hydrogen (secondary N) is 2. The summed E-state index contributed by atoms with van der Waals surface area (Å²) in [6.45, 7) is 14.6. The van der Waals surface area contributed by atoms with Crippen molar-refractivity contribution in [3.05, 3.63) is 72.2 Å². The fraction of sp³-hybridized carbons (Fsp3) is 0.535. The van der Waals surface area contributed by atoms with Crippen LogP contribution in [0.1, 0.15) is 85.3 Å². The van der Waals surface area contributed by atoms with Gasteiger partial charge in [0.1, 0.15) is 23.2 Å². The fourth-order valence-corrected chi connectivity index (χ4v) is 7.55. The third-order valence-electron chi connectivity index (χ3n) is 10.8. The molecule has 0 spiro atoms. The minimum Gasteiger partial charge on any atom is -0.464 e. The van der Waals surface area contributed by atoms with Gasteiger partial charge in [0.05, 0.1) is 18.6 Å². The van der Waals surface area contributed by atoms with Crippen molar-refractivity contribution < 1.29 is 28.0 Å². The summed E-state index contributed by atoms with van der Waals surface area (Å²) in [5.74, 6) is -0.431. The molecule has 11 nitrogen and oxygen atoms in total. The summed E-state index contributed by atoms with van der Waals surface area (Å²) in [4.78, 5) is 54.5. The highest BCUT2D eigenvalue weighted by atomic mass is 16.3. The monoisotopic (exact) mass is 741 g/mol. The molecule has 0 aliphatic carbocycles. The van der Waals surface area contributed by atoms with Crippen LogP contribution in [0.2, 0.25) is 0 Å². The summed E-state index contributed by atoms with van der Waals surface area (Å²) in [5.41, 5.74) is 9.67. The van der Waals surface area contributed by atoms with E-state index in [1.54, 1.807) is 13.2 Å². The van der Waals surface area contributed by atoms with Crippen LogP contribution < -0.4 is 16.4 Å². The highest BCUT2D eigenvalue weighted by Gasteiger charge is 2.37. The molecule has 0 bridgehead atoms. The van der Waals surface area contributed by atoms with Gasteiger partial charge in [-0.25, -0.2) is 0 Å². The van der Waals surface area contributed by atoms with E-state index >= 15 is 0 Å². The number of benzene rings is 2. The van der Waals surface area contributed by atoms with Gasteiger partial charge < -0.3 is 35.0 Å². The number of likely N-dealkylation sites (tertiary alicyclic amines) is 2. The molecule has 11 heteroatoms. The van der Waals surface area contributed by atoms with Gasteiger partial charge in [0.15, 0.2) is 0 Å². The Labute approximate surface area is 319 Å². The lowest BCUT2D eigenvalue weighted by Gasteiger charge is -2.31. The highest BCUT2D eigenvalue weighted by Crippen LogP contribution is 2.29. The molecule has 4 N–H and O–H groups in total. The Hall–Kier alpha value is -4.64. The number of carbonyl (C=O) groups excluding carboxylic acids is 4. The number of furan rings is 2. The van der Waals surface area contributed by atoms with E-state index in [9.17, 15) is 19.2 Å². The third kappa shape index (κ3) is 9.53. The van der Waals surface area contributed by atoms with Crippen molar-refractivity contribution in [2.75, 3.05) is 13.1 Å². The maximum absolute atomic E-state index is 13.2. The summed E-state index contributed by atoms with van der Waals surface area (Å²) >= 11 is 0. The van der Waals surface area contributed by atoms with E-state index in [4.69, 9.17) is 14.6 Å². The Kier molecular flexibility index (Phi) is 13.6. The molecule has 0 saturated carbocycles. The van der Waals surface area contributed by atoms with Gasteiger partial charge in [-0.2, -0.15) is 0 Å². The van der Waals surface area contributed by atoms with E-state index in [1.807, 2.05) is 94.0 Å². The number of nitrogens with two attached hydrogens (primary N) is 1. The molecular weight excluding hydrogens is 683 g/mol. The lowest BCUT2D eigenvalue weighted by Crippen LogP contribution is -2.55. The topological polar surface area (TPSA) is 151 Å². The molecule has 2 aromatic carbocycles. The largest absolute Gasteiger partial charge is 0.464 e. The molecule has 2 aliphatic heterocycles. The molecule has 2 aliphatic rings. The van der Waals surface area contributed by atoms with Crippen LogP contribution in [-0.4, -0.2) is 76.7 Å². The maximum atomic E-state index is 13.2. The number of hydrogen-bond donors (Lipinski definition) is 3. The van der Waals surface area contributed by atoms with Gasteiger partial charge in [-0.05, 0) is 69.4 Å². The van der Waals surface area contributed by atoms with Gasteiger partial charge in [0.2, 0.25) is 23.6 Å². The van der Waals surface area contributed by atoms with Crippen LogP contribution in [-0.2, 0) is 32.0 Å². The summed E-state index contributed by atoms with van der Waals surface area (Å²) in [7, 11) is 0. The Morgan fingerprint density at radius 1 is 0.667 bits per heavy atom. The number of carbonyl (C=O) groups is 4. The van der Waals surface area contributed by atoms with Crippen LogP contribution in [0.3, 0.4) is 0 Å². The lowest BCUT2D eigenvalue weighted by atomic mass is 9.99. The first kappa shape index (κ1) is 40.5. The van der Waals surface area contributed by atoms with E-state index in [0.717, 1.165) is 84.7 Å². The van der Waals surface area contributed by atoms with Crippen molar-refractivity contribution in [1.82, 2.24) is 20.4 Å². The summed E-state index contributed by atoms with van der Waals surface area (Å²) in [5, 5.41) is 8.00. The normalized spacial score (nSPS) is 18.9. The second-order valence-electron chi connectivity index (χ2n) is 16.0. The molecule has 4 heterocycles. The summed E-state index contributed by atoms with van der Waals surface area (Å²) < 4.78 is 11.3. The first-order chi connectivity index (χ1) is 25.8. The molecule has 54 heavy (non-hydrogen) atoms. The van der Waals surface area contributed by atoms with Crippen LogP contribution in [0.4, 0.5) is 0 Å². The molecule has 6 rings (SSSR count). The minimum absolute atomic E-state index is 0.00351. The first-order valence-electron chi connectivity index (χ1n) is 19.6. The van der Waals surface area contributed by atoms with Crippen molar-refractivity contribution in [3.8, 4) is 0 Å². The van der Waals surface area contributed by atoms with Crippen molar-refractivity contribution >= 4 is 45.6 Å². The van der Waals surface area contributed by atoms with Crippen LogP contribution in [0.5, 0.6) is 0 Å². The Morgan fingerprint density at radius 2 is 1.07 bits per heavy atom. The molecular formula is C43H59N5O6. The second-order valence-corrected chi connectivity index (χ2v) is 16.0. The highest BCUT2D eigenvalue weighted by molar-refractivity contribution is 5.90. The minimum atomic E-state index is -0.634. The van der Waals surface area contributed by atoms with Gasteiger partial charge in [-0.1, -0.05) is 77.9 Å². The lowest BCUT2D eigenvalue weighted by molar-refractivity contribution is -0.139. The Bertz CT molecular complexity index is 1760. The molecule has 5 atom stereocenters. The van der Waals surface area contributed by atoms with Crippen molar-refractivity contribution in [2.45, 2.75) is 117 Å². The van der Waals surface area contributed by atoms with Gasteiger partial charge in [0.25, 0.3) is 0 Å². The van der Waals surface area contributed by atoms with Crippen LogP contribution in [0.25, 0.3) is 21.9 Å². The summed E-state index contributed by atoms with van der Waals surface area (Å²) in [6.07, 6.45) is 9.05. The molecule has 2 saturated heterocycles. The van der Waals surface area contributed by atoms with E-state index in [0.29, 0.717) is 0 Å². The number of amides is 4. The molecule has 0 unspecified atom stereocenters. The average molecular weight is 742 g/mol. The Balaban J connectivity index is 0.000000208. The Morgan fingerprint density at radius 3 is 1.46 bits per heavy atom. The van der Waals surface area contributed by atoms with Gasteiger partial charge >= 0.3 is 0 Å². The zero-order valence-electron chi connectivity index (χ0n) is 33.0. The molecule has 292 valence electrons.